The van der Waals surface area contributed by atoms with Gasteiger partial charge in [0.2, 0.25) is 0 Å². The molecule has 1 atom stereocenters. The number of hydrogen-bond acceptors (Lipinski definition) is 4. The number of hydrogen-bond donors (Lipinski definition) is 1. The van der Waals surface area contributed by atoms with E-state index < -0.39 is 6.10 Å². The average molecular weight is 262 g/mol. The molecule has 0 radical (unpaired) electrons. The lowest BCUT2D eigenvalue weighted by atomic mass is 10.1. The van der Waals surface area contributed by atoms with Gasteiger partial charge in [-0.25, -0.2) is 0 Å². The van der Waals surface area contributed by atoms with Crippen molar-refractivity contribution in [3.05, 3.63) is 18.2 Å². The van der Waals surface area contributed by atoms with Crippen LogP contribution in [-0.4, -0.2) is 24.3 Å². The van der Waals surface area contributed by atoms with E-state index in [1.807, 2.05) is 6.92 Å². The van der Waals surface area contributed by atoms with Gasteiger partial charge in [0.25, 0.3) is 5.91 Å². The second kappa shape index (κ2) is 5.30. The Kier molecular flexibility index (Phi) is 3.74. The number of benzene rings is 1. The van der Waals surface area contributed by atoms with Gasteiger partial charge in [-0.3, -0.25) is 9.59 Å². The van der Waals surface area contributed by atoms with Crippen LogP contribution in [0.1, 0.15) is 26.7 Å². The lowest BCUT2D eigenvalue weighted by molar-refractivity contribution is -0.126. The van der Waals surface area contributed by atoms with E-state index in [0.29, 0.717) is 36.5 Å². The average Bonchev–Trinajstić information content (AvgIpc) is 2.37. The molecule has 5 heteroatoms. The van der Waals surface area contributed by atoms with E-state index in [-0.39, 0.29) is 11.7 Å². The molecule has 102 valence electrons. The third kappa shape index (κ3) is 2.54. The zero-order chi connectivity index (χ0) is 14.0. The number of ether oxygens (including phenoxy) is 1. The van der Waals surface area contributed by atoms with E-state index in [1.54, 1.807) is 23.1 Å². The van der Waals surface area contributed by atoms with Crippen molar-refractivity contribution in [1.29, 1.82) is 0 Å². The molecule has 0 saturated carbocycles. The maximum atomic E-state index is 12.3. The third-order valence-corrected chi connectivity index (χ3v) is 3.17. The summed E-state index contributed by atoms with van der Waals surface area (Å²) in [6.45, 7) is 3.75. The highest BCUT2D eigenvalue weighted by Crippen LogP contribution is 2.39. The van der Waals surface area contributed by atoms with Gasteiger partial charge in [-0.05, 0) is 25.5 Å². The standard InChI is InChI=1S/C14H18N2O3/c1-3-11-14(18)16(8-7-9(2)17)13-10(15)5-4-6-12(13)19-11/h4-6,11H,3,7-8,15H2,1-2H3. The number of carbonyl (C=O) groups is 2. The molecule has 0 spiro atoms. The lowest BCUT2D eigenvalue weighted by Gasteiger charge is -2.34. The lowest BCUT2D eigenvalue weighted by Crippen LogP contribution is -2.46. The molecule has 1 unspecified atom stereocenters. The number of nitrogens with two attached hydrogens (primary N) is 1. The van der Waals surface area contributed by atoms with Crippen molar-refractivity contribution in [2.75, 3.05) is 17.2 Å². The fourth-order valence-electron chi connectivity index (χ4n) is 2.16. The molecule has 0 aromatic heterocycles. The van der Waals surface area contributed by atoms with E-state index in [1.165, 1.54) is 6.92 Å². The molecule has 0 bridgehead atoms. The molecule has 2 N–H and O–H groups in total. The summed E-state index contributed by atoms with van der Waals surface area (Å²) in [5, 5.41) is 0. The molecule has 1 aliphatic rings. The van der Waals surface area contributed by atoms with Crippen LogP contribution in [0.5, 0.6) is 5.75 Å². The first-order chi connectivity index (χ1) is 9.04. The Morgan fingerprint density at radius 1 is 1.47 bits per heavy atom. The van der Waals surface area contributed by atoms with Crippen molar-refractivity contribution in [3.8, 4) is 5.75 Å². The number of anilines is 2. The largest absolute Gasteiger partial charge is 0.478 e. The van der Waals surface area contributed by atoms with Gasteiger partial charge < -0.3 is 15.4 Å². The molecule has 5 nitrogen and oxygen atoms in total. The minimum Gasteiger partial charge on any atom is -0.478 e. The predicted octanol–water partition coefficient (Wildman–Crippen LogP) is 1.75. The molecular formula is C14H18N2O3. The number of Topliss-reactive ketones (excluding diaryl/α,β-unsaturated/α-hetero) is 1. The summed E-state index contributed by atoms with van der Waals surface area (Å²) in [6.07, 6.45) is 0.404. The van der Waals surface area contributed by atoms with Crippen LogP contribution in [0.2, 0.25) is 0 Å². The van der Waals surface area contributed by atoms with Gasteiger partial charge in [0, 0.05) is 13.0 Å². The molecule has 1 heterocycles. The van der Waals surface area contributed by atoms with Gasteiger partial charge in [0.05, 0.1) is 5.69 Å². The van der Waals surface area contributed by atoms with E-state index in [0.717, 1.165) is 0 Å². The summed E-state index contributed by atoms with van der Waals surface area (Å²) < 4.78 is 5.66. The van der Waals surface area contributed by atoms with Gasteiger partial charge in [-0.15, -0.1) is 0 Å². The van der Waals surface area contributed by atoms with Crippen LogP contribution in [0.15, 0.2) is 18.2 Å². The van der Waals surface area contributed by atoms with Crippen LogP contribution in [0.25, 0.3) is 0 Å². The molecule has 1 amide bonds. The molecule has 1 aliphatic heterocycles. The summed E-state index contributed by atoms with van der Waals surface area (Å²) in [5.74, 6) is 0.521. The van der Waals surface area contributed by atoms with Crippen LogP contribution in [0, 0.1) is 0 Å². The molecule has 1 aromatic rings. The van der Waals surface area contributed by atoms with Crippen molar-refractivity contribution in [3.63, 3.8) is 0 Å². The molecular weight excluding hydrogens is 244 g/mol. The van der Waals surface area contributed by atoms with Crippen molar-refractivity contribution >= 4 is 23.1 Å². The van der Waals surface area contributed by atoms with Crippen LogP contribution < -0.4 is 15.4 Å². The first-order valence-corrected chi connectivity index (χ1v) is 6.40. The zero-order valence-electron chi connectivity index (χ0n) is 11.2. The Labute approximate surface area is 112 Å². The Bertz CT molecular complexity index is 513. The number of nitrogens with zero attached hydrogens (tertiary/aromatic N) is 1. The summed E-state index contributed by atoms with van der Waals surface area (Å²) in [5.41, 5.74) is 7.00. The quantitative estimate of drug-likeness (QED) is 0.839. The van der Waals surface area contributed by atoms with Crippen LogP contribution >= 0.6 is 0 Å². The summed E-state index contributed by atoms with van der Waals surface area (Å²) in [7, 11) is 0. The summed E-state index contributed by atoms with van der Waals surface area (Å²) >= 11 is 0. The third-order valence-electron chi connectivity index (χ3n) is 3.17. The number of rotatable bonds is 4. The maximum Gasteiger partial charge on any atom is 0.268 e. The SMILES string of the molecule is CCC1Oc2cccc(N)c2N(CCC(C)=O)C1=O. The molecule has 19 heavy (non-hydrogen) atoms. The second-order valence-corrected chi connectivity index (χ2v) is 4.65. The van der Waals surface area contributed by atoms with E-state index in [4.69, 9.17) is 10.5 Å². The van der Waals surface area contributed by atoms with Gasteiger partial charge in [-0.1, -0.05) is 13.0 Å². The highest BCUT2D eigenvalue weighted by molar-refractivity contribution is 6.03. The molecule has 1 aromatic carbocycles. The fourth-order valence-corrected chi connectivity index (χ4v) is 2.16. The molecule has 2 rings (SSSR count). The number of para-hydroxylation sites is 1. The van der Waals surface area contributed by atoms with Crippen LogP contribution in [-0.2, 0) is 9.59 Å². The first kappa shape index (κ1) is 13.4. The number of ketones is 1. The Balaban J connectivity index is 2.38. The van der Waals surface area contributed by atoms with Gasteiger partial charge in [-0.2, -0.15) is 0 Å². The minimum absolute atomic E-state index is 0.0448. The first-order valence-electron chi connectivity index (χ1n) is 6.40. The second-order valence-electron chi connectivity index (χ2n) is 4.65. The summed E-state index contributed by atoms with van der Waals surface area (Å²) in [6, 6.07) is 5.31. The monoisotopic (exact) mass is 262 g/mol. The summed E-state index contributed by atoms with van der Waals surface area (Å²) in [4.78, 5) is 25.0. The van der Waals surface area contributed by atoms with Crippen molar-refractivity contribution in [1.82, 2.24) is 0 Å². The predicted molar refractivity (Wildman–Crippen MR) is 73.2 cm³/mol. The van der Waals surface area contributed by atoms with Gasteiger partial charge in [0.1, 0.15) is 17.2 Å². The molecule has 0 aliphatic carbocycles. The number of fused-ring (bicyclic) bond motifs is 1. The smallest absolute Gasteiger partial charge is 0.268 e. The number of carbonyl (C=O) groups excluding carboxylic acids is 2. The normalized spacial score (nSPS) is 17.9. The van der Waals surface area contributed by atoms with Gasteiger partial charge >= 0.3 is 0 Å². The van der Waals surface area contributed by atoms with Crippen molar-refractivity contribution < 1.29 is 14.3 Å². The van der Waals surface area contributed by atoms with Crippen LogP contribution in [0.3, 0.4) is 0 Å². The van der Waals surface area contributed by atoms with Crippen molar-refractivity contribution in [2.45, 2.75) is 32.8 Å². The van der Waals surface area contributed by atoms with E-state index in [9.17, 15) is 9.59 Å². The number of nitrogen functional groups attached to an aromatic ring is 1. The van der Waals surface area contributed by atoms with Crippen LogP contribution in [0.4, 0.5) is 11.4 Å². The van der Waals surface area contributed by atoms with E-state index in [2.05, 4.69) is 0 Å². The van der Waals surface area contributed by atoms with Crippen molar-refractivity contribution in [2.24, 2.45) is 0 Å². The Morgan fingerprint density at radius 2 is 2.21 bits per heavy atom. The highest BCUT2D eigenvalue weighted by Gasteiger charge is 2.34. The van der Waals surface area contributed by atoms with E-state index >= 15 is 0 Å². The molecule has 0 saturated heterocycles. The molecule has 0 fully saturated rings. The maximum absolute atomic E-state index is 12.3. The Morgan fingerprint density at radius 3 is 2.84 bits per heavy atom. The topological polar surface area (TPSA) is 72.6 Å². The highest BCUT2D eigenvalue weighted by atomic mass is 16.5. The Hall–Kier alpha value is -2.04. The fraction of sp³-hybridized carbons (Fsp3) is 0.429. The minimum atomic E-state index is -0.499. The zero-order valence-corrected chi connectivity index (χ0v) is 11.2. The van der Waals surface area contributed by atoms with Gasteiger partial charge in [0.15, 0.2) is 6.10 Å². The number of amides is 1.